The Balaban J connectivity index is 2.02. The van der Waals surface area contributed by atoms with Crippen molar-refractivity contribution in [1.29, 1.82) is 0 Å². The van der Waals surface area contributed by atoms with Crippen molar-refractivity contribution in [2.75, 3.05) is 20.1 Å². The van der Waals surface area contributed by atoms with E-state index in [1.54, 1.807) is 19.2 Å². The molecule has 1 N–H and O–H groups in total. The van der Waals surface area contributed by atoms with Gasteiger partial charge in [0.1, 0.15) is 5.82 Å². The highest BCUT2D eigenvalue weighted by Gasteiger charge is 2.28. The van der Waals surface area contributed by atoms with E-state index in [0.717, 1.165) is 19.4 Å². The second kappa shape index (κ2) is 7.40. The molecule has 0 bridgehead atoms. The van der Waals surface area contributed by atoms with Gasteiger partial charge < -0.3 is 10.0 Å². The van der Waals surface area contributed by atoms with Crippen molar-refractivity contribution in [3.8, 4) is 0 Å². The summed E-state index contributed by atoms with van der Waals surface area (Å²) in [6.07, 6.45) is 1.27. The normalized spacial score (nSPS) is 20.7. The summed E-state index contributed by atoms with van der Waals surface area (Å²) in [7, 11) is 1.64. The van der Waals surface area contributed by atoms with E-state index in [4.69, 9.17) is 11.6 Å². The first-order chi connectivity index (χ1) is 10.4. The number of piperidine rings is 1. The third-order valence-electron chi connectivity index (χ3n) is 4.17. The lowest BCUT2D eigenvalue weighted by Gasteiger charge is -2.35. The second-order valence-corrected chi connectivity index (χ2v) is 6.27. The van der Waals surface area contributed by atoms with Crippen LogP contribution >= 0.6 is 11.6 Å². The standard InChI is InChI=1S/C16H22ClFN2O2/c1-11(20-8-4-5-12(21)9-20)16(22)19(2)10-13-14(17)6-3-7-15(13)18/h3,6-7,11-12,21H,4-5,8-10H2,1-2H3. The summed E-state index contributed by atoms with van der Waals surface area (Å²) >= 11 is 6.00. The van der Waals surface area contributed by atoms with Crippen LogP contribution in [0, 0.1) is 5.82 Å². The highest BCUT2D eigenvalue weighted by atomic mass is 35.5. The fourth-order valence-corrected chi connectivity index (χ4v) is 3.03. The molecule has 22 heavy (non-hydrogen) atoms. The Kier molecular flexibility index (Phi) is 5.78. The number of rotatable bonds is 4. The molecule has 0 aliphatic carbocycles. The molecule has 0 radical (unpaired) electrons. The van der Waals surface area contributed by atoms with Crippen LogP contribution in [0.2, 0.25) is 5.02 Å². The summed E-state index contributed by atoms with van der Waals surface area (Å²) in [5.41, 5.74) is 0.325. The summed E-state index contributed by atoms with van der Waals surface area (Å²) in [5.74, 6) is -0.512. The van der Waals surface area contributed by atoms with Crippen LogP contribution in [-0.4, -0.2) is 53.1 Å². The number of halogens is 2. The molecule has 1 amide bonds. The maximum absolute atomic E-state index is 13.8. The van der Waals surface area contributed by atoms with E-state index in [9.17, 15) is 14.3 Å². The van der Waals surface area contributed by atoms with Gasteiger partial charge in [0.25, 0.3) is 0 Å². The van der Waals surface area contributed by atoms with Crippen LogP contribution in [0.15, 0.2) is 18.2 Å². The van der Waals surface area contributed by atoms with E-state index in [2.05, 4.69) is 0 Å². The molecule has 1 aromatic rings. The molecule has 1 heterocycles. The summed E-state index contributed by atoms with van der Waals surface area (Å²) in [6.45, 7) is 3.24. The van der Waals surface area contributed by atoms with Gasteiger partial charge in [0, 0.05) is 30.7 Å². The van der Waals surface area contributed by atoms with Gasteiger partial charge in [0.15, 0.2) is 0 Å². The van der Waals surface area contributed by atoms with E-state index in [1.807, 2.05) is 11.8 Å². The molecule has 0 spiro atoms. The van der Waals surface area contributed by atoms with Gasteiger partial charge in [-0.1, -0.05) is 17.7 Å². The Morgan fingerprint density at radius 1 is 1.59 bits per heavy atom. The molecule has 2 atom stereocenters. The average Bonchev–Trinajstić information content (AvgIpc) is 2.49. The van der Waals surface area contributed by atoms with Gasteiger partial charge >= 0.3 is 0 Å². The maximum atomic E-state index is 13.8. The molecular formula is C16H22ClFN2O2. The minimum Gasteiger partial charge on any atom is -0.392 e. The number of amides is 1. The zero-order chi connectivity index (χ0) is 16.3. The van der Waals surface area contributed by atoms with Crippen LogP contribution in [0.4, 0.5) is 4.39 Å². The van der Waals surface area contributed by atoms with Gasteiger partial charge in [-0.25, -0.2) is 4.39 Å². The van der Waals surface area contributed by atoms with Crippen LogP contribution in [0.5, 0.6) is 0 Å². The summed E-state index contributed by atoms with van der Waals surface area (Å²) in [4.78, 5) is 16.0. The van der Waals surface area contributed by atoms with Crippen molar-refractivity contribution in [3.05, 3.63) is 34.6 Å². The maximum Gasteiger partial charge on any atom is 0.239 e. The monoisotopic (exact) mass is 328 g/mol. The Morgan fingerprint density at radius 3 is 2.95 bits per heavy atom. The molecule has 122 valence electrons. The number of aliphatic hydroxyl groups is 1. The quantitative estimate of drug-likeness (QED) is 0.922. The largest absolute Gasteiger partial charge is 0.392 e. The van der Waals surface area contributed by atoms with Gasteiger partial charge in [-0.3, -0.25) is 9.69 Å². The second-order valence-electron chi connectivity index (χ2n) is 5.86. The third kappa shape index (κ3) is 3.97. The Hall–Kier alpha value is -1.17. The molecule has 4 nitrogen and oxygen atoms in total. The first-order valence-electron chi connectivity index (χ1n) is 7.50. The zero-order valence-electron chi connectivity index (χ0n) is 12.9. The number of β-amino-alcohol motifs (C(OH)–C–C–N with tert-alkyl or cyclic N) is 1. The van der Waals surface area contributed by atoms with Gasteiger partial charge in [-0.15, -0.1) is 0 Å². The Labute approximate surface area is 135 Å². The fraction of sp³-hybridized carbons (Fsp3) is 0.562. The number of hydrogen-bond donors (Lipinski definition) is 1. The highest BCUT2D eigenvalue weighted by molar-refractivity contribution is 6.31. The first-order valence-corrected chi connectivity index (χ1v) is 7.88. The number of nitrogens with zero attached hydrogens (tertiary/aromatic N) is 2. The van der Waals surface area contributed by atoms with Crippen molar-refractivity contribution in [2.24, 2.45) is 0 Å². The molecule has 2 unspecified atom stereocenters. The van der Waals surface area contributed by atoms with Gasteiger partial charge in [-0.05, 0) is 38.4 Å². The summed E-state index contributed by atoms with van der Waals surface area (Å²) in [6, 6.07) is 4.15. The SMILES string of the molecule is CC(C(=O)N(C)Cc1c(F)cccc1Cl)N1CCCC(O)C1. The number of benzene rings is 1. The van der Waals surface area contributed by atoms with E-state index < -0.39 is 5.82 Å². The molecule has 1 aliphatic heterocycles. The fourth-order valence-electron chi connectivity index (χ4n) is 2.81. The Morgan fingerprint density at radius 2 is 2.32 bits per heavy atom. The summed E-state index contributed by atoms with van der Waals surface area (Å²) in [5, 5.41) is 10.0. The molecule has 2 rings (SSSR count). The van der Waals surface area contributed by atoms with Crippen molar-refractivity contribution in [1.82, 2.24) is 9.80 Å². The van der Waals surface area contributed by atoms with E-state index >= 15 is 0 Å². The number of likely N-dealkylation sites (tertiary alicyclic amines) is 1. The molecule has 0 saturated carbocycles. The van der Waals surface area contributed by atoms with E-state index in [0.29, 0.717) is 17.1 Å². The zero-order valence-corrected chi connectivity index (χ0v) is 13.7. The lowest BCUT2D eigenvalue weighted by atomic mass is 10.1. The molecule has 1 saturated heterocycles. The number of carbonyl (C=O) groups excluding carboxylic acids is 1. The molecule has 1 fully saturated rings. The third-order valence-corrected chi connectivity index (χ3v) is 4.52. The van der Waals surface area contributed by atoms with Crippen LogP contribution < -0.4 is 0 Å². The number of aliphatic hydroxyl groups excluding tert-OH is 1. The molecule has 6 heteroatoms. The minimum absolute atomic E-state index is 0.103. The van der Waals surface area contributed by atoms with Crippen molar-refractivity contribution < 1.29 is 14.3 Å². The van der Waals surface area contributed by atoms with Gasteiger partial charge in [-0.2, -0.15) is 0 Å². The van der Waals surface area contributed by atoms with Gasteiger partial charge in [0.05, 0.1) is 12.1 Å². The summed E-state index contributed by atoms with van der Waals surface area (Å²) < 4.78 is 13.8. The highest BCUT2D eigenvalue weighted by Crippen LogP contribution is 2.21. The van der Waals surface area contributed by atoms with E-state index in [-0.39, 0.29) is 24.6 Å². The van der Waals surface area contributed by atoms with Crippen LogP contribution in [0.1, 0.15) is 25.3 Å². The van der Waals surface area contributed by atoms with Crippen LogP contribution in [0.25, 0.3) is 0 Å². The molecule has 1 aliphatic rings. The molecule has 1 aromatic carbocycles. The number of carbonyl (C=O) groups is 1. The average molecular weight is 329 g/mol. The van der Waals surface area contributed by atoms with Crippen LogP contribution in [-0.2, 0) is 11.3 Å². The molecular weight excluding hydrogens is 307 g/mol. The first kappa shape index (κ1) is 17.2. The van der Waals surface area contributed by atoms with Crippen molar-refractivity contribution in [3.63, 3.8) is 0 Å². The number of likely N-dealkylation sites (N-methyl/N-ethyl adjacent to an activating group) is 1. The number of hydrogen-bond acceptors (Lipinski definition) is 3. The topological polar surface area (TPSA) is 43.8 Å². The van der Waals surface area contributed by atoms with Crippen molar-refractivity contribution in [2.45, 2.75) is 38.5 Å². The van der Waals surface area contributed by atoms with Crippen LogP contribution in [0.3, 0.4) is 0 Å². The lowest BCUT2D eigenvalue weighted by Crippen LogP contribution is -2.50. The minimum atomic E-state index is -0.409. The lowest BCUT2D eigenvalue weighted by molar-refractivity contribution is -0.136. The predicted molar refractivity (Wildman–Crippen MR) is 84.2 cm³/mol. The molecule has 0 aromatic heterocycles. The van der Waals surface area contributed by atoms with Crippen molar-refractivity contribution >= 4 is 17.5 Å². The smallest absolute Gasteiger partial charge is 0.239 e. The Bertz CT molecular complexity index is 521. The predicted octanol–water partition coefficient (Wildman–Crippen LogP) is 2.28. The van der Waals surface area contributed by atoms with E-state index in [1.165, 1.54) is 11.0 Å². The van der Waals surface area contributed by atoms with Gasteiger partial charge in [0.2, 0.25) is 5.91 Å².